The Hall–Kier alpha value is -2.83. The Morgan fingerprint density at radius 3 is 2.61 bits per heavy atom. The molecule has 7 nitrogen and oxygen atoms in total. The van der Waals surface area contributed by atoms with Gasteiger partial charge in [0.15, 0.2) is 11.2 Å². The van der Waals surface area contributed by atoms with Gasteiger partial charge in [-0.05, 0) is 49.1 Å². The van der Waals surface area contributed by atoms with Crippen LogP contribution in [0.15, 0.2) is 23.1 Å². The Kier molecular flexibility index (Phi) is 5.54. The topological polar surface area (TPSA) is 79.7 Å². The van der Waals surface area contributed by atoms with Crippen molar-refractivity contribution in [3.05, 3.63) is 39.7 Å². The van der Waals surface area contributed by atoms with Crippen LogP contribution >= 0.6 is 0 Å². The van der Waals surface area contributed by atoms with Gasteiger partial charge >= 0.3 is 5.97 Å². The van der Waals surface area contributed by atoms with Crippen LogP contribution in [0.1, 0.15) is 62.5 Å². The predicted octanol–water partition coefficient (Wildman–Crippen LogP) is 4.03. The molecule has 4 rings (SSSR count). The number of carbonyl (C=O) groups is 1. The van der Waals surface area contributed by atoms with Gasteiger partial charge in [0.1, 0.15) is 5.56 Å². The number of esters is 1. The minimum atomic E-state index is -0.601. The molecule has 0 amide bonds. The van der Waals surface area contributed by atoms with Gasteiger partial charge in [0.25, 0.3) is 5.88 Å². The summed E-state index contributed by atoms with van der Waals surface area (Å²) in [5.41, 5.74) is 1.91. The van der Waals surface area contributed by atoms with Gasteiger partial charge in [-0.25, -0.2) is 9.78 Å². The zero-order chi connectivity index (χ0) is 22.3. The van der Waals surface area contributed by atoms with Crippen LogP contribution in [0.25, 0.3) is 11.4 Å². The second kappa shape index (κ2) is 8.02. The lowest BCUT2D eigenvalue weighted by Gasteiger charge is -2.38. The van der Waals surface area contributed by atoms with Gasteiger partial charge in [-0.2, -0.15) is 0 Å². The number of nitrogens with zero attached hydrogens (tertiary/aromatic N) is 2. The van der Waals surface area contributed by atoms with Crippen molar-refractivity contribution in [2.75, 3.05) is 20.3 Å². The zero-order valence-electron chi connectivity index (χ0n) is 18.9. The number of pyridine rings is 2. The molecule has 2 aromatic rings. The van der Waals surface area contributed by atoms with Crippen molar-refractivity contribution in [2.45, 2.75) is 53.0 Å². The SMILES string of the molecule is CCOC(=O)c1cn2c(cc1=O)-c1nc(OC)c(OCC3CC3)cc1C[C@H]2C(C)(C)C. The number of hydrogen-bond acceptors (Lipinski definition) is 6. The van der Waals surface area contributed by atoms with E-state index < -0.39 is 5.97 Å². The number of methoxy groups -OCH3 is 1. The largest absolute Gasteiger partial charge is 0.488 e. The summed E-state index contributed by atoms with van der Waals surface area (Å²) in [7, 11) is 1.57. The van der Waals surface area contributed by atoms with E-state index in [-0.39, 0.29) is 29.1 Å². The highest BCUT2D eigenvalue weighted by atomic mass is 16.5. The van der Waals surface area contributed by atoms with Crippen molar-refractivity contribution in [3.8, 4) is 23.0 Å². The number of aromatic nitrogens is 2. The molecule has 2 aliphatic rings. The molecule has 1 atom stereocenters. The van der Waals surface area contributed by atoms with Crippen molar-refractivity contribution in [1.29, 1.82) is 0 Å². The molecule has 2 aromatic heterocycles. The molecule has 1 fully saturated rings. The fourth-order valence-electron chi connectivity index (χ4n) is 4.03. The quantitative estimate of drug-likeness (QED) is 0.649. The molecule has 0 bridgehead atoms. The maximum atomic E-state index is 12.8. The lowest BCUT2D eigenvalue weighted by atomic mass is 9.80. The summed E-state index contributed by atoms with van der Waals surface area (Å²) in [4.78, 5) is 29.8. The van der Waals surface area contributed by atoms with Crippen molar-refractivity contribution in [3.63, 3.8) is 0 Å². The number of carbonyl (C=O) groups excluding carboxylic acids is 1. The molecule has 166 valence electrons. The Balaban J connectivity index is 1.85. The Morgan fingerprint density at radius 1 is 1.26 bits per heavy atom. The van der Waals surface area contributed by atoms with Crippen LogP contribution in [0.4, 0.5) is 0 Å². The standard InChI is InChI=1S/C24H30N2O5/c1-6-30-23(28)16-12-26-17(11-18(16)27)21-15(10-20(26)24(2,3)4)9-19(22(25-21)29-5)31-13-14-7-8-14/h9,11-12,14,20H,6-8,10,13H2,1-5H3/t20-/m0/s1. The lowest BCUT2D eigenvalue weighted by Crippen LogP contribution is -2.33. The normalized spacial score (nSPS) is 17.5. The first-order chi connectivity index (χ1) is 14.7. The molecule has 0 N–H and O–H groups in total. The van der Waals surface area contributed by atoms with Gasteiger partial charge < -0.3 is 18.8 Å². The van der Waals surface area contributed by atoms with Crippen molar-refractivity contribution < 1.29 is 19.0 Å². The average Bonchev–Trinajstić information content (AvgIpc) is 3.54. The van der Waals surface area contributed by atoms with Crippen molar-refractivity contribution >= 4 is 5.97 Å². The van der Waals surface area contributed by atoms with Crippen molar-refractivity contribution in [1.82, 2.24) is 9.55 Å². The summed E-state index contributed by atoms with van der Waals surface area (Å²) in [6.07, 6.45) is 4.73. The molecule has 1 aliphatic carbocycles. The lowest BCUT2D eigenvalue weighted by molar-refractivity contribution is 0.0523. The van der Waals surface area contributed by atoms with Crippen LogP contribution in [0.5, 0.6) is 11.6 Å². The highest BCUT2D eigenvalue weighted by Crippen LogP contribution is 2.44. The van der Waals surface area contributed by atoms with Crippen LogP contribution in [0.2, 0.25) is 0 Å². The van der Waals surface area contributed by atoms with E-state index in [0.29, 0.717) is 42.0 Å². The van der Waals surface area contributed by atoms with E-state index in [1.165, 1.54) is 18.9 Å². The highest BCUT2D eigenvalue weighted by molar-refractivity contribution is 5.89. The summed E-state index contributed by atoms with van der Waals surface area (Å²) in [5, 5.41) is 0. The van der Waals surface area contributed by atoms with E-state index in [4.69, 9.17) is 19.2 Å². The molecule has 1 aliphatic heterocycles. The molecule has 31 heavy (non-hydrogen) atoms. The number of rotatable bonds is 6. The second-order valence-corrected chi connectivity index (χ2v) is 9.41. The fourth-order valence-corrected chi connectivity index (χ4v) is 4.03. The Labute approximate surface area is 182 Å². The first kappa shape index (κ1) is 21.4. The van der Waals surface area contributed by atoms with Gasteiger partial charge in [-0.1, -0.05) is 20.8 Å². The van der Waals surface area contributed by atoms with E-state index in [2.05, 4.69) is 20.8 Å². The molecule has 3 heterocycles. The van der Waals surface area contributed by atoms with E-state index in [0.717, 1.165) is 5.56 Å². The third-order valence-corrected chi connectivity index (χ3v) is 5.96. The van der Waals surface area contributed by atoms with Crippen LogP contribution in [0.3, 0.4) is 0 Å². The molecule has 0 unspecified atom stereocenters. The third kappa shape index (κ3) is 4.18. The van der Waals surface area contributed by atoms with Crippen LogP contribution in [0, 0.1) is 11.3 Å². The summed E-state index contributed by atoms with van der Waals surface area (Å²) < 4.78 is 18.6. The van der Waals surface area contributed by atoms with Crippen LogP contribution in [-0.2, 0) is 11.2 Å². The zero-order valence-corrected chi connectivity index (χ0v) is 18.9. The molecule has 1 saturated carbocycles. The molecule has 0 spiro atoms. The van der Waals surface area contributed by atoms with E-state index >= 15 is 0 Å². The average molecular weight is 427 g/mol. The molecule has 7 heteroatoms. The Bertz CT molecular complexity index is 1060. The summed E-state index contributed by atoms with van der Waals surface area (Å²) in [6, 6.07) is 3.51. The number of ether oxygens (including phenoxy) is 3. The van der Waals surface area contributed by atoms with Gasteiger partial charge in [0, 0.05) is 18.3 Å². The maximum absolute atomic E-state index is 12.8. The monoisotopic (exact) mass is 426 g/mol. The molecule has 0 radical (unpaired) electrons. The van der Waals surface area contributed by atoms with Gasteiger partial charge in [0.2, 0.25) is 0 Å². The number of fused-ring (bicyclic) bond motifs is 3. The van der Waals surface area contributed by atoms with E-state index in [1.54, 1.807) is 20.2 Å². The minimum Gasteiger partial charge on any atom is -0.488 e. The number of hydrogen-bond donors (Lipinski definition) is 0. The molecule has 0 saturated heterocycles. The minimum absolute atomic E-state index is 0.0234. The van der Waals surface area contributed by atoms with Crippen LogP contribution < -0.4 is 14.9 Å². The second-order valence-electron chi connectivity index (χ2n) is 9.41. The van der Waals surface area contributed by atoms with Crippen LogP contribution in [-0.4, -0.2) is 35.8 Å². The molecular formula is C24H30N2O5. The first-order valence-electron chi connectivity index (χ1n) is 10.9. The van der Waals surface area contributed by atoms with Gasteiger partial charge in [-0.15, -0.1) is 0 Å². The maximum Gasteiger partial charge on any atom is 0.343 e. The highest BCUT2D eigenvalue weighted by Gasteiger charge is 2.35. The van der Waals surface area contributed by atoms with Gasteiger partial charge in [0.05, 0.1) is 31.7 Å². The van der Waals surface area contributed by atoms with Crippen molar-refractivity contribution in [2.24, 2.45) is 11.3 Å². The third-order valence-electron chi connectivity index (χ3n) is 5.96. The summed E-state index contributed by atoms with van der Waals surface area (Å²) in [5.74, 6) is 1.06. The molecular weight excluding hydrogens is 396 g/mol. The summed E-state index contributed by atoms with van der Waals surface area (Å²) >= 11 is 0. The predicted molar refractivity (Wildman–Crippen MR) is 117 cm³/mol. The fraction of sp³-hybridized carbons (Fsp3) is 0.542. The smallest absolute Gasteiger partial charge is 0.343 e. The molecule has 0 aromatic carbocycles. The van der Waals surface area contributed by atoms with Gasteiger partial charge in [-0.3, -0.25) is 4.79 Å². The summed E-state index contributed by atoms with van der Waals surface area (Å²) in [6.45, 7) is 9.05. The van der Waals surface area contributed by atoms with E-state index in [9.17, 15) is 9.59 Å². The Morgan fingerprint density at radius 2 is 2.00 bits per heavy atom. The first-order valence-corrected chi connectivity index (χ1v) is 10.9. The van der Waals surface area contributed by atoms with E-state index in [1.807, 2.05) is 10.6 Å².